The molecule has 0 aliphatic carbocycles. The highest BCUT2D eigenvalue weighted by Gasteiger charge is 2.20. The molecule has 0 bridgehead atoms. The van der Waals surface area contributed by atoms with Gasteiger partial charge in [0.25, 0.3) is 0 Å². The number of phenols is 2. The summed E-state index contributed by atoms with van der Waals surface area (Å²) in [6.45, 7) is 0. The highest BCUT2D eigenvalue weighted by Crippen LogP contribution is 2.28. The highest BCUT2D eigenvalue weighted by molar-refractivity contribution is 6.14. The van der Waals surface area contributed by atoms with E-state index in [4.69, 9.17) is 0 Å². The van der Waals surface area contributed by atoms with Crippen molar-refractivity contribution < 1.29 is 24.6 Å². The van der Waals surface area contributed by atoms with Crippen molar-refractivity contribution in [2.45, 2.75) is 0 Å². The Morgan fingerprint density at radius 2 is 1.20 bits per heavy atom. The molecule has 0 spiro atoms. The van der Waals surface area contributed by atoms with Crippen molar-refractivity contribution in [1.29, 1.82) is 0 Å². The summed E-state index contributed by atoms with van der Waals surface area (Å²) in [6.07, 6.45) is 0.849. The maximum atomic E-state index is 12.3. The van der Waals surface area contributed by atoms with E-state index < -0.39 is 17.3 Å². The smallest absolute Gasteiger partial charge is 0.200 e. The van der Waals surface area contributed by atoms with Crippen molar-refractivity contribution in [1.82, 2.24) is 0 Å². The molecule has 0 aliphatic rings. The summed E-state index contributed by atoms with van der Waals surface area (Å²) in [6, 6.07) is 8.27. The molecule has 2 aromatic rings. The quantitative estimate of drug-likeness (QED) is 0.654. The zero-order valence-corrected chi connectivity index (χ0v) is 10.2. The SMILES string of the molecule is O=Cc1cccc(C(=O)c2cccc(C=O)c2O)c1O. The topological polar surface area (TPSA) is 91.7 Å². The summed E-state index contributed by atoms with van der Waals surface area (Å²) in [5.41, 5.74) is -0.287. The van der Waals surface area contributed by atoms with E-state index in [1.807, 2.05) is 0 Å². The van der Waals surface area contributed by atoms with Gasteiger partial charge < -0.3 is 10.2 Å². The number of carbonyl (C=O) groups is 3. The molecular formula is C15H10O5. The molecule has 0 fully saturated rings. The second-order valence-electron chi connectivity index (χ2n) is 4.05. The number of hydrogen-bond donors (Lipinski definition) is 2. The molecule has 0 atom stereocenters. The number of aromatic hydroxyl groups is 2. The van der Waals surface area contributed by atoms with Gasteiger partial charge in [-0.2, -0.15) is 0 Å². The van der Waals surface area contributed by atoms with Gasteiger partial charge in [0.05, 0.1) is 22.3 Å². The van der Waals surface area contributed by atoms with Crippen LogP contribution < -0.4 is 0 Å². The van der Waals surface area contributed by atoms with Crippen molar-refractivity contribution in [2.24, 2.45) is 0 Å². The lowest BCUT2D eigenvalue weighted by molar-refractivity contribution is 0.103. The Morgan fingerprint density at radius 1 is 0.800 bits per heavy atom. The highest BCUT2D eigenvalue weighted by atomic mass is 16.3. The van der Waals surface area contributed by atoms with Gasteiger partial charge in [0.1, 0.15) is 11.5 Å². The molecule has 0 amide bonds. The van der Waals surface area contributed by atoms with Gasteiger partial charge in [0.2, 0.25) is 5.78 Å². The minimum atomic E-state index is -0.674. The van der Waals surface area contributed by atoms with E-state index in [2.05, 4.69) is 0 Å². The van der Waals surface area contributed by atoms with Crippen LogP contribution in [0.2, 0.25) is 0 Å². The van der Waals surface area contributed by atoms with Crippen LogP contribution in [0, 0.1) is 0 Å². The number of rotatable bonds is 4. The Balaban J connectivity index is 2.58. The van der Waals surface area contributed by atoms with E-state index in [1.165, 1.54) is 36.4 Å². The zero-order chi connectivity index (χ0) is 14.7. The number of benzene rings is 2. The van der Waals surface area contributed by atoms with E-state index in [9.17, 15) is 24.6 Å². The van der Waals surface area contributed by atoms with Gasteiger partial charge in [0.15, 0.2) is 12.6 Å². The predicted molar refractivity (Wildman–Crippen MR) is 70.4 cm³/mol. The third-order valence-electron chi connectivity index (χ3n) is 2.88. The normalized spacial score (nSPS) is 10.0. The van der Waals surface area contributed by atoms with Crippen LogP contribution in [0.5, 0.6) is 11.5 Å². The third kappa shape index (κ3) is 2.16. The van der Waals surface area contributed by atoms with Crippen molar-refractivity contribution in [3.63, 3.8) is 0 Å². The summed E-state index contributed by atoms with van der Waals surface area (Å²) in [7, 11) is 0. The summed E-state index contributed by atoms with van der Waals surface area (Å²) in [4.78, 5) is 33.8. The second-order valence-corrected chi connectivity index (χ2v) is 4.05. The Morgan fingerprint density at radius 3 is 1.55 bits per heavy atom. The van der Waals surface area contributed by atoms with Crippen LogP contribution in [-0.2, 0) is 0 Å². The fourth-order valence-electron chi connectivity index (χ4n) is 1.82. The van der Waals surface area contributed by atoms with Crippen LogP contribution in [0.1, 0.15) is 36.6 Å². The minimum Gasteiger partial charge on any atom is -0.506 e. The molecular weight excluding hydrogens is 260 g/mol. The monoisotopic (exact) mass is 270 g/mol. The van der Waals surface area contributed by atoms with Crippen LogP contribution in [0.4, 0.5) is 0 Å². The molecule has 2 aromatic carbocycles. The zero-order valence-electron chi connectivity index (χ0n) is 10.2. The van der Waals surface area contributed by atoms with Crippen molar-refractivity contribution >= 4 is 18.4 Å². The van der Waals surface area contributed by atoms with Gasteiger partial charge >= 0.3 is 0 Å². The molecule has 0 aliphatic heterocycles. The number of ketones is 1. The molecule has 5 heteroatoms. The van der Waals surface area contributed by atoms with Crippen LogP contribution in [0.15, 0.2) is 36.4 Å². The van der Waals surface area contributed by atoms with Crippen molar-refractivity contribution in [2.75, 3.05) is 0 Å². The first-order valence-electron chi connectivity index (χ1n) is 5.69. The first kappa shape index (κ1) is 13.5. The van der Waals surface area contributed by atoms with Crippen LogP contribution in [0.3, 0.4) is 0 Å². The Labute approximate surface area is 114 Å². The summed E-state index contributed by atoms with van der Waals surface area (Å²) >= 11 is 0. The third-order valence-corrected chi connectivity index (χ3v) is 2.88. The summed E-state index contributed by atoms with van der Waals surface area (Å²) in [5.74, 6) is -1.58. The van der Waals surface area contributed by atoms with E-state index in [-0.39, 0.29) is 22.3 Å². The van der Waals surface area contributed by atoms with Gasteiger partial charge in [-0.25, -0.2) is 0 Å². The number of hydrogen-bond acceptors (Lipinski definition) is 5. The second kappa shape index (κ2) is 5.36. The van der Waals surface area contributed by atoms with Crippen LogP contribution >= 0.6 is 0 Å². The van der Waals surface area contributed by atoms with E-state index in [0.717, 1.165) is 0 Å². The number of phenolic OH excluding ortho intramolecular Hbond substituents is 2. The van der Waals surface area contributed by atoms with Gasteiger partial charge in [0, 0.05) is 0 Å². The first-order valence-corrected chi connectivity index (χ1v) is 5.69. The maximum absolute atomic E-state index is 12.3. The van der Waals surface area contributed by atoms with Gasteiger partial charge in [-0.15, -0.1) is 0 Å². The molecule has 0 saturated carbocycles. The lowest BCUT2D eigenvalue weighted by Crippen LogP contribution is -2.04. The van der Waals surface area contributed by atoms with E-state index in [1.54, 1.807) is 0 Å². The standard InChI is InChI=1S/C15H10O5/c16-7-9-3-1-5-11(13(9)18)15(20)12-6-2-4-10(8-17)14(12)19/h1-8,18-19H. The summed E-state index contributed by atoms with van der Waals surface area (Å²) in [5, 5.41) is 19.7. The molecule has 0 radical (unpaired) electrons. The fraction of sp³-hybridized carbons (Fsp3) is 0. The largest absolute Gasteiger partial charge is 0.506 e. The molecule has 20 heavy (non-hydrogen) atoms. The average Bonchev–Trinajstić information content (AvgIpc) is 2.47. The Bertz CT molecular complexity index is 644. The van der Waals surface area contributed by atoms with Crippen molar-refractivity contribution in [3.8, 4) is 11.5 Å². The molecule has 2 rings (SSSR count). The number of carbonyl (C=O) groups excluding carboxylic acids is 3. The predicted octanol–water partition coefficient (Wildman–Crippen LogP) is 1.95. The molecule has 5 nitrogen and oxygen atoms in total. The van der Waals surface area contributed by atoms with Gasteiger partial charge in [-0.05, 0) is 24.3 Å². The van der Waals surface area contributed by atoms with E-state index >= 15 is 0 Å². The fourth-order valence-corrected chi connectivity index (χ4v) is 1.82. The molecule has 0 heterocycles. The lowest BCUT2D eigenvalue weighted by Gasteiger charge is -2.08. The lowest BCUT2D eigenvalue weighted by atomic mass is 9.98. The van der Waals surface area contributed by atoms with Gasteiger partial charge in [-0.3, -0.25) is 14.4 Å². The molecule has 0 aromatic heterocycles. The van der Waals surface area contributed by atoms with E-state index in [0.29, 0.717) is 12.6 Å². The maximum Gasteiger partial charge on any atom is 0.200 e. The van der Waals surface area contributed by atoms with Gasteiger partial charge in [-0.1, -0.05) is 12.1 Å². The minimum absolute atomic E-state index is 0.0260. The average molecular weight is 270 g/mol. The molecule has 0 unspecified atom stereocenters. The first-order chi connectivity index (χ1) is 9.60. The van der Waals surface area contributed by atoms with Crippen LogP contribution in [-0.4, -0.2) is 28.6 Å². The molecule has 0 saturated heterocycles. The Hall–Kier alpha value is -2.95. The Kier molecular flexibility index (Phi) is 3.61. The van der Waals surface area contributed by atoms with Crippen LogP contribution in [0.25, 0.3) is 0 Å². The molecule has 2 N–H and O–H groups in total. The number of aldehydes is 2. The summed E-state index contributed by atoms with van der Waals surface area (Å²) < 4.78 is 0. The van der Waals surface area contributed by atoms with Crippen molar-refractivity contribution in [3.05, 3.63) is 58.7 Å². The molecule has 100 valence electrons. The number of para-hydroxylation sites is 2.